The summed E-state index contributed by atoms with van der Waals surface area (Å²) >= 11 is 0. The fourth-order valence-corrected chi connectivity index (χ4v) is 9.08. The third kappa shape index (κ3) is 4.50. The quantitative estimate of drug-likeness (QED) is 0.360. The summed E-state index contributed by atoms with van der Waals surface area (Å²) in [7, 11) is 6.99. The first kappa shape index (κ1) is 30.7. The van der Waals surface area contributed by atoms with Crippen LogP contribution in [0.25, 0.3) is 0 Å². The van der Waals surface area contributed by atoms with Crippen molar-refractivity contribution in [3.8, 4) is 6.07 Å². The molecule has 5 aliphatic rings. The van der Waals surface area contributed by atoms with Gasteiger partial charge < -0.3 is 20.0 Å². The number of hydrogen-bond acceptors (Lipinski definition) is 8. The van der Waals surface area contributed by atoms with Gasteiger partial charge in [0.25, 0.3) is 11.8 Å². The average Bonchev–Trinajstić information content (AvgIpc) is 4.02. The van der Waals surface area contributed by atoms with E-state index >= 15 is 0 Å². The molecule has 2 aromatic carbocycles. The molecule has 3 saturated carbocycles. The summed E-state index contributed by atoms with van der Waals surface area (Å²) in [5.74, 6) is 0.704. The van der Waals surface area contributed by atoms with Crippen molar-refractivity contribution in [3.63, 3.8) is 0 Å². The minimum Gasteiger partial charge on any atom is -0.345 e. The van der Waals surface area contributed by atoms with E-state index in [-0.39, 0.29) is 47.3 Å². The van der Waals surface area contributed by atoms with Crippen molar-refractivity contribution >= 4 is 17.7 Å². The van der Waals surface area contributed by atoms with Gasteiger partial charge in [-0.2, -0.15) is 10.5 Å². The summed E-state index contributed by atoms with van der Waals surface area (Å²) in [6.07, 6.45) is 6.79. The zero-order valence-electron chi connectivity index (χ0n) is 27.9. The maximum Gasteiger partial charge on any atom is 0.253 e. The number of carbonyl (C=O) groups is 3. The zero-order valence-corrected chi connectivity index (χ0v) is 27.9. The Kier molecular flexibility index (Phi) is 6.83. The number of tetrazole rings is 1. The van der Waals surface area contributed by atoms with E-state index in [0.717, 1.165) is 54.4 Å². The number of hydrogen-bond donors (Lipinski definition) is 2. The van der Waals surface area contributed by atoms with Gasteiger partial charge in [-0.25, -0.2) is 0 Å². The lowest BCUT2D eigenvalue weighted by Crippen LogP contribution is -2.50. The molecule has 2 N–H and O–H groups in total. The number of fused-ring (bicyclic) bond motifs is 2. The Labute approximate surface area is 279 Å². The number of rotatable bonds is 9. The van der Waals surface area contributed by atoms with Crippen molar-refractivity contribution in [1.29, 1.82) is 5.26 Å². The monoisotopic (exact) mass is 647 g/mol. The van der Waals surface area contributed by atoms with Gasteiger partial charge in [0.15, 0.2) is 5.82 Å². The molecular formula is C36H41N9O3. The highest BCUT2D eigenvalue weighted by Gasteiger charge is 2.90. The first-order chi connectivity index (χ1) is 23.0. The number of aromatic amines is 1. The molecule has 4 aliphatic carbocycles. The number of nitrogens with one attached hydrogen (secondary N) is 2. The zero-order chi connectivity index (χ0) is 33.6. The molecule has 2 heterocycles. The molecule has 0 spiro atoms. The molecule has 3 amide bonds. The molecule has 0 bridgehead atoms. The largest absolute Gasteiger partial charge is 0.345 e. The lowest BCUT2D eigenvalue weighted by molar-refractivity contribution is -0.133. The van der Waals surface area contributed by atoms with Crippen LogP contribution >= 0.6 is 0 Å². The number of nitrogens with zero attached hydrogens (tertiary/aromatic N) is 7. The van der Waals surface area contributed by atoms with Crippen molar-refractivity contribution in [3.05, 3.63) is 75.6 Å². The smallest absolute Gasteiger partial charge is 0.253 e. The molecule has 0 radical (unpaired) electrons. The molecule has 1 aromatic heterocycles. The Balaban J connectivity index is 1.22. The number of H-pyrrole nitrogens is 1. The maximum absolute atomic E-state index is 13.8. The van der Waals surface area contributed by atoms with Crippen molar-refractivity contribution < 1.29 is 14.4 Å². The van der Waals surface area contributed by atoms with Crippen molar-refractivity contribution in [1.82, 2.24) is 40.6 Å². The molecule has 48 heavy (non-hydrogen) atoms. The Bertz CT molecular complexity index is 1800. The van der Waals surface area contributed by atoms with Crippen molar-refractivity contribution in [2.45, 2.75) is 74.4 Å². The Morgan fingerprint density at radius 3 is 2.10 bits per heavy atom. The summed E-state index contributed by atoms with van der Waals surface area (Å²) in [5, 5.41) is 29.5. The Hall–Kier alpha value is -4.63. The molecule has 8 rings (SSSR count). The standard InChI is InChI=1S/C36H41N9O3/c1-43(2)31(47)24-9-11-27-22(13-24)7-8-23-14-25(32(48)44(3)4)10-12-28(23)36(27,33-39-41-42-40-33)16-29(21-5-6-21)38-18-30(46)45-26(17-37)15-34-19-35(34,45)20-34/h9-14,21,26,29,38H,5-8,15-16,18-20H2,1-4H3,(H,39,40,41,42)/t26?,29-,34?,35?/m1/s1. The van der Waals surface area contributed by atoms with E-state index < -0.39 is 5.41 Å². The molecule has 1 saturated heterocycles. The summed E-state index contributed by atoms with van der Waals surface area (Å²) in [4.78, 5) is 45.1. The van der Waals surface area contributed by atoms with Crippen molar-refractivity contribution in [2.24, 2.45) is 11.3 Å². The van der Waals surface area contributed by atoms with Crippen LogP contribution in [0.1, 0.15) is 87.3 Å². The lowest BCUT2D eigenvalue weighted by atomic mass is 9.67. The number of carbonyl (C=O) groups excluding carboxylic acids is 3. The Morgan fingerprint density at radius 2 is 1.60 bits per heavy atom. The van der Waals surface area contributed by atoms with E-state index in [1.165, 1.54) is 0 Å². The molecule has 1 aliphatic heterocycles. The number of benzene rings is 2. The molecule has 4 fully saturated rings. The highest BCUT2D eigenvalue weighted by Crippen LogP contribution is 2.87. The van der Waals surface area contributed by atoms with Crippen LogP contribution < -0.4 is 5.32 Å². The number of aromatic nitrogens is 4. The van der Waals surface area contributed by atoms with Crippen LogP contribution in [0, 0.1) is 22.7 Å². The third-order valence-corrected chi connectivity index (χ3v) is 11.8. The van der Waals surface area contributed by atoms with Gasteiger partial charge in [0.1, 0.15) is 6.04 Å². The van der Waals surface area contributed by atoms with Gasteiger partial charge in [-0.15, -0.1) is 10.2 Å². The molecule has 2 atom stereocenters. The summed E-state index contributed by atoms with van der Waals surface area (Å²) < 4.78 is 0. The van der Waals surface area contributed by atoms with Crippen LogP contribution in [-0.2, 0) is 23.1 Å². The second kappa shape index (κ2) is 10.7. The van der Waals surface area contributed by atoms with Gasteiger partial charge in [0.2, 0.25) is 5.91 Å². The fraction of sp³-hybridized carbons (Fsp3) is 0.528. The highest BCUT2D eigenvalue weighted by molar-refractivity contribution is 5.95. The van der Waals surface area contributed by atoms with Crippen LogP contribution in [0.3, 0.4) is 0 Å². The van der Waals surface area contributed by atoms with Gasteiger partial charge in [0.05, 0.1) is 23.6 Å². The number of nitriles is 1. The SMILES string of the molecule is CN(C)C(=O)c1ccc2c(c1)CCc1cc(C(=O)N(C)C)ccc1C2(C[C@@H](NCC(=O)N1C(C#N)CC23CC12C3)C1CC1)c1nn[nH]n1. The van der Waals surface area contributed by atoms with Gasteiger partial charge in [-0.05, 0) is 104 Å². The average molecular weight is 648 g/mol. The topological polar surface area (TPSA) is 151 Å². The molecule has 12 nitrogen and oxygen atoms in total. The van der Waals surface area contributed by atoms with Crippen LogP contribution in [-0.4, -0.2) is 105 Å². The lowest BCUT2D eigenvalue weighted by Gasteiger charge is -2.38. The predicted molar refractivity (Wildman–Crippen MR) is 175 cm³/mol. The van der Waals surface area contributed by atoms with Gasteiger partial charge >= 0.3 is 0 Å². The van der Waals surface area contributed by atoms with E-state index in [1.807, 2.05) is 41.3 Å². The fourth-order valence-electron chi connectivity index (χ4n) is 9.08. The molecule has 248 valence electrons. The number of likely N-dealkylation sites (tertiary alicyclic amines) is 1. The molecular weight excluding hydrogens is 606 g/mol. The maximum atomic E-state index is 13.8. The molecule has 12 heteroatoms. The number of amides is 3. The molecule has 3 aromatic rings. The van der Waals surface area contributed by atoms with Gasteiger partial charge in [-0.3, -0.25) is 14.4 Å². The van der Waals surface area contributed by atoms with E-state index in [1.54, 1.807) is 38.0 Å². The first-order valence-electron chi connectivity index (χ1n) is 16.9. The van der Waals surface area contributed by atoms with Gasteiger partial charge in [0, 0.05) is 50.8 Å². The highest BCUT2D eigenvalue weighted by atomic mass is 16.2. The summed E-state index contributed by atoms with van der Waals surface area (Å²) in [5.41, 5.74) is 4.46. The van der Waals surface area contributed by atoms with E-state index in [9.17, 15) is 19.6 Å². The summed E-state index contributed by atoms with van der Waals surface area (Å²) in [6.45, 7) is 0.158. The predicted octanol–water partition coefficient (Wildman–Crippen LogP) is 2.45. The number of piperidine rings is 2. The minimum absolute atomic E-state index is 0.00182. The normalized spacial score (nSPS) is 26.1. The van der Waals surface area contributed by atoms with Crippen LogP contribution in [0.5, 0.6) is 0 Å². The first-order valence-corrected chi connectivity index (χ1v) is 16.9. The third-order valence-electron chi connectivity index (χ3n) is 11.8. The number of aryl methyl sites for hydroxylation is 2. The second-order valence-electron chi connectivity index (χ2n) is 15.1. The minimum atomic E-state index is -0.888. The van der Waals surface area contributed by atoms with Crippen molar-refractivity contribution in [2.75, 3.05) is 34.7 Å². The van der Waals surface area contributed by atoms with E-state index in [4.69, 9.17) is 0 Å². The van der Waals surface area contributed by atoms with E-state index in [0.29, 0.717) is 42.1 Å². The Morgan fingerprint density at radius 1 is 1.00 bits per heavy atom. The second-order valence-corrected chi connectivity index (χ2v) is 15.1. The van der Waals surface area contributed by atoms with Crippen LogP contribution in [0.2, 0.25) is 0 Å². The van der Waals surface area contributed by atoms with Crippen LogP contribution in [0.4, 0.5) is 0 Å². The van der Waals surface area contributed by atoms with Gasteiger partial charge in [-0.1, -0.05) is 17.3 Å². The van der Waals surface area contributed by atoms with E-state index in [2.05, 4.69) is 32.0 Å². The van der Waals surface area contributed by atoms with Crippen LogP contribution in [0.15, 0.2) is 36.4 Å². The molecule has 1 unspecified atom stereocenters. The summed E-state index contributed by atoms with van der Waals surface area (Å²) in [6, 6.07) is 13.8.